The maximum absolute atomic E-state index is 13.4. The lowest BCUT2D eigenvalue weighted by molar-refractivity contribution is -0.140. The quantitative estimate of drug-likeness (QED) is 0.241. The summed E-state index contributed by atoms with van der Waals surface area (Å²) < 4.78 is 41.6. The van der Waals surface area contributed by atoms with Crippen LogP contribution in [-0.4, -0.2) is 48.2 Å². The third-order valence-corrected chi connectivity index (χ3v) is 6.94. The van der Waals surface area contributed by atoms with Crippen LogP contribution in [0.3, 0.4) is 0 Å². The number of carboxylic acids is 1. The minimum Gasteiger partial charge on any atom is -0.477 e. The highest BCUT2D eigenvalue weighted by Gasteiger charge is 2.34. The zero-order valence-electron chi connectivity index (χ0n) is 21.6. The van der Waals surface area contributed by atoms with Gasteiger partial charge >= 0.3 is 18.2 Å². The molecule has 11 nitrogen and oxygen atoms in total. The molecule has 0 bridgehead atoms. The summed E-state index contributed by atoms with van der Waals surface area (Å²) in [4.78, 5) is 53.6. The van der Waals surface area contributed by atoms with Crippen LogP contribution in [0.5, 0.6) is 0 Å². The molecule has 0 aliphatic carbocycles. The van der Waals surface area contributed by atoms with Crippen molar-refractivity contribution in [3.05, 3.63) is 87.7 Å². The molecule has 2 amide bonds. The van der Waals surface area contributed by atoms with E-state index >= 15 is 0 Å². The Balaban J connectivity index is 1.68. The second-order valence-corrected chi connectivity index (χ2v) is 9.75. The first-order chi connectivity index (χ1) is 20.0. The van der Waals surface area contributed by atoms with Crippen LogP contribution < -0.4 is 16.1 Å². The summed E-state index contributed by atoms with van der Waals surface area (Å²) in [5, 5.41) is 15.6. The predicted octanol–water partition coefficient (Wildman–Crippen LogP) is 4.88. The highest BCUT2D eigenvalue weighted by atomic mass is 32.1. The first-order valence-corrected chi connectivity index (χ1v) is 13.2. The van der Waals surface area contributed by atoms with Crippen molar-refractivity contribution in [3.63, 3.8) is 0 Å². The summed E-state index contributed by atoms with van der Waals surface area (Å²) in [6, 6.07) is 5.67. The first kappa shape index (κ1) is 28.4. The Morgan fingerprint density at radius 3 is 2.52 bits per heavy atom. The number of thiazole rings is 1. The molecule has 0 fully saturated rings. The number of alkyl halides is 3. The number of carbonyl (C=O) groups excluding carboxylic acids is 1. The van der Waals surface area contributed by atoms with Crippen molar-refractivity contribution in [3.8, 4) is 21.7 Å². The molecule has 0 saturated carbocycles. The van der Waals surface area contributed by atoms with Gasteiger partial charge < -0.3 is 15.0 Å². The number of anilines is 1. The molecule has 5 aromatic rings. The SMILES string of the molecule is CCNC(=O)Nc1cc(-c2nc(C(F)(F)F)cs2)c(-c2cnc3c(c2)c(=O)c(C(=O)O)cn3Cc2ccncc2)cn1. The average Bonchev–Trinajstić information content (AvgIpc) is 3.46. The van der Waals surface area contributed by atoms with Crippen LogP contribution in [-0.2, 0) is 12.7 Å². The Morgan fingerprint density at radius 2 is 1.86 bits per heavy atom. The topological polar surface area (TPSA) is 152 Å². The molecule has 0 atom stereocenters. The van der Waals surface area contributed by atoms with E-state index in [2.05, 4.69) is 30.6 Å². The number of hydrogen-bond acceptors (Lipinski definition) is 8. The third-order valence-electron chi connectivity index (χ3n) is 6.06. The van der Waals surface area contributed by atoms with Crippen molar-refractivity contribution in [2.75, 3.05) is 11.9 Å². The van der Waals surface area contributed by atoms with Crippen molar-refractivity contribution in [2.45, 2.75) is 19.6 Å². The van der Waals surface area contributed by atoms with Crippen LogP contribution in [0.1, 0.15) is 28.5 Å². The zero-order valence-corrected chi connectivity index (χ0v) is 22.5. The van der Waals surface area contributed by atoms with Gasteiger partial charge in [-0.25, -0.2) is 24.5 Å². The number of fused-ring (bicyclic) bond motifs is 1. The van der Waals surface area contributed by atoms with E-state index in [1.807, 2.05) is 0 Å². The van der Waals surface area contributed by atoms with Crippen LogP contribution in [0.15, 0.2) is 65.4 Å². The Labute approximate surface area is 238 Å². The van der Waals surface area contributed by atoms with Crippen LogP contribution in [0.2, 0.25) is 0 Å². The number of hydrogen-bond donors (Lipinski definition) is 3. The average molecular weight is 596 g/mol. The van der Waals surface area contributed by atoms with E-state index in [9.17, 15) is 32.7 Å². The Bertz CT molecular complexity index is 1870. The predicted molar refractivity (Wildman–Crippen MR) is 148 cm³/mol. The lowest BCUT2D eigenvalue weighted by Gasteiger charge is -2.14. The largest absolute Gasteiger partial charge is 0.477 e. The number of pyridine rings is 4. The van der Waals surface area contributed by atoms with Gasteiger partial charge in [0.15, 0.2) is 5.69 Å². The van der Waals surface area contributed by atoms with E-state index in [1.54, 1.807) is 31.5 Å². The molecule has 5 heterocycles. The minimum atomic E-state index is -4.68. The second-order valence-electron chi connectivity index (χ2n) is 8.89. The van der Waals surface area contributed by atoms with Crippen molar-refractivity contribution < 1.29 is 27.9 Å². The van der Waals surface area contributed by atoms with E-state index in [4.69, 9.17) is 0 Å². The molecular formula is C27H20F3N7O4S. The normalized spacial score (nSPS) is 11.4. The molecule has 0 aliphatic rings. The number of halogens is 3. The lowest BCUT2D eigenvalue weighted by Crippen LogP contribution is -2.28. The standard InChI is InChI=1S/C27H20F3N7O4S/c1-2-32-26(41)36-21-8-16(24-35-20(13-42-24)27(28,29)30)18(10-33-21)15-7-17-22(38)19(25(39)40)12-37(23(17)34-9-15)11-14-3-5-31-6-4-14/h3-10,12-13H,2,11H2,1H3,(H,39,40)(H2,32,33,36,41). The van der Waals surface area contributed by atoms with E-state index in [-0.39, 0.29) is 45.1 Å². The first-order valence-electron chi connectivity index (χ1n) is 12.3. The van der Waals surface area contributed by atoms with Crippen LogP contribution in [0.4, 0.5) is 23.8 Å². The van der Waals surface area contributed by atoms with Gasteiger partial charge in [0.05, 0.1) is 5.39 Å². The van der Waals surface area contributed by atoms with Crippen LogP contribution >= 0.6 is 11.3 Å². The van der Waals surface area contributed by atoms with Crippen LogP contribution in [0, 0.1) is 0 Å². The molecule has 0 saturated heterocycles. The summed E-state index contributed by atoms with van der Waals surface area (Å²) in [6.07, 6.45) is 2.40. The molecule has 42 heavy (non-hydrogen) atoms. The minimum absolute atomic E-state index is 0.0202. The fourth-order valence-electron chi connectivity index (χ4n) is 4.16. The highest BCUT2D eigenvalue weighted by molar-refractivity contribution is 7.13. The lowest BCUT2D eigenvalue weighted by atomic mass is 10.0. The summed E-state index contributed by atoms with van der Waals surface area (Å²) >= 11 is 0.737. The highest BCUT2D eigenvalue weighted by Crippen LogP contribution is 2.38. The van der Waals surface area contributed by atoms with Gasteiger partial charge in [-0.3, -0.25) is 15.1 Å². The number of aromatic carboxylic acids is 1. The fourth-order valence-corrected chi connectivity index (χ4v) is 5.02. The molecule has 0 radical (unpaired) electrons. The fraction of sp³-hybridized carbons (Fsp3) is 0.148. The molecule has 214 valence electrons. The molecule has 0 spiro atoms. The van der Waals surface area contributed by atoms with Crippen LogP contribution in [0.25, 0.3) is 32.7 Å². The van der Waals surface area contributed by atoms with Crippen molar-refractivity contribution in [2.24, 2.45) is 0 Å². The van der Waals surface area contributed by atoms with E-state index in [0.717, 1.165) is 22.3 Å². The monoisotopic (exact) mass is 595 g/mol. The molecule has 5 rings (SSSR count). The molecule has 0 unspecified atom stereocenters. The van der Waals surface area contributed by atoms with Gasteiger partial charge in [-0.05, 0) is 36.8 Å². The third kappa shape index (κ3) is 5.81. The van der Waals surface area contributed by atoms with Gasteiger partial charge in [0.25, 0.3) is 0 Å². The zero-order chi connectivity index (χ0) is 30.0. The maximum atomic E-state index is 13.4. The number of carbonyl (C=O) groups is 2. The van der Waals surface area contributed by atoms with Gasteiger partial charge in [0.2, 0.25) is 5.43 Å². The molecule has 0 aromatic carbocycles. The Hall–Kier alpha value is -5.18. The van der Waals surface area contributed by atoms with E-state index in [1.165, 1.54) is 35.3 Å². The van der Waals surface area contributed by atoms with Crippen molar-refractivity contribution in [1.29, 1.82) is 0 Å². The number of aromatic nitrogens is 5. The summed E-state index contributed by atoms with van der Waals surface area (Å²) in [5.41, 5.74) is -0.662. The van der Waals surface area contributed by atoms with Crippen molar-refractivity contribution >= 4 is 40.2 Å². The van der Waals surface area contributed by atoms with Gasteiger partial charge in [0.1, 0.15) is 22.0 Å². The molecular weight excluding hydrogens is 575 g/mol. The number of nitrogens with one attached hydrogen (secondary N) is 2. The van der Waals surface area contributed by atoms with E-state index < -0.39 is 34.9 Å². The number of rotatable bonds is 7. The van der Waals surface area contributed by atoms with Gasteiger partial charge in [-0.15, -0.1) is 11.3 Å². The maximum Gasteiger partial charge on any atom is 0.434 e. The van der Waals surface area contributed by atoms with Gasteiger partial charge in [0, 0.05) is 66.1 Å². The Kier molecular flexibility index (Phi) is 7.67. The second kappa shape index (κ2) is 11.4. The summed E-state index contributed by atoms with van der Waals surface area (Å²) in [6.45, 7) is 2.24. The summed E-state index contributed by atoms with van der Waals surface area (Å²) in [7, 11) is 0. The van der Waals surface area contributed by atoms with Gasteiger partial charge in [-0.1, -0.05) is 0 Å². The summed E-state index contributed by atoms with van der Waals surface area (Å²) in [5.74, 6) is -1.38. The number of carboxylic acid groups (broad SMARTS) is 1. The van der Waals surface area contributed by atoms with Crippen molar-refractivity contribution in [1.82, 2.24) is 29.8 Å². The number of nitrogens with zero attached hydrogens (tertiary/aromatic N) is 5. The molecule has 5 aromatic heterocycles. The number of urea groups is 1. The van der Waals surface area contributed by atoms with Gasteiger partial charge in [-0.2, -0.15) is 13.2 Å². The smallest absolute Gasteiger partial charge is 0.434 e. The molecule has 0 aliphatic heterocycles. The van der Waals surface area contributed by atoms with E-state index in [0.29, 0.717) is 6.54 Å². The molecule has 3 N–H and O–H groups in total. The Morgan fingerprint density at radius 1 is 1.10 bits per heavy atom. The molecule has 15 heteroatoms. The number of amides is 2.